The number of aliphatic hydroxyl groups excluding tert-OH is 1. The van der Waals surface area contributed by atoms with E-state index in [0.29, 0.717) is 25.2 Å². The lowest BCUT2D eigenvalue weighted by Gasteiger charge is -2.22. The number of hydrogen-bond donors (Lipinski definition) is 2. The molecule has 1 aromatic carbocycles. The Morgan fingerprint density at radius 1 is 1.21 bits per heavy atom. The lowest BCUT2D eigenvalue weighted by Crippen LogP contribution is -2.34. The van der Waals surface area contributed by atoms with Gasteiger partial charge in [0.1, 0.15) is 4.90 Å². The monoisotopic (exact) mass is 286 g/mol. The molecule has 0 aromatic heterocycles. The number of rotatable bonds is 8. The van der Waals surface area contributed by atoms with E-state index < -0.39 is 10.0 Å². The van der Waals surface area contributed by atoms with Crippen LogP contribution in [0.2, 0.25) is 0 Å². The second-order valence-corrected chi connectivity index (χ2v) is 6.06. The minimum absolute atomic E-state index is 0.122. The van der Waals surface area contributed by atoms with Crippen molar-refractivity contribution in [2.24, 2.45) is 0 Å². The first kappa shape index (κ1) is 15.9. The third-order valence-electron chi connectivity index (χ3n) is 2.69. The van der Waals surface area contributed by atoms with Gasteiger partial charge in [-0.15, -0.1) is 0 Å². The molecule has 0 saturated carbocycles. The maximum Gasteiger partial charge on any atom is 0.245 e. The van der Waals surface area contributed by atoms with Crippen LogP contribution >= 0.6 is 0 Å². The number of aliphatic hydroxyl groups is 1. The average molecular weight is 286 g/mol. The van der Waals surface area contributed by atoms with Crippen molar-refractivity contribution >= 4 is 15.7 Å². The molecule has 0 fully saturated rings. The highest BCUT2D eigenvalue weighted by atomic mass is 32.2. The third kappa shape index (κ3) is 3.92. The maximum absolute atomic E-state index is 12.6. The Morgan fingerprint density at radius 3 is 2.47 bits per heavy atom. The number of sulfonamides is 1. The molecular formula is C13H22N2O3S. The van der Waals surface area contributed by atoms with E-state index in [2.05, 4.69) is 5.32 Å². The molecule has 0 radical (unpaired) electrons. The molecule has 0 saturated heterocycles. The zero-order valence-corrected chi connectivity index (χ0v) is 12.3. The summed E-state index contributed by atoms with van der Waals surface area (Å²) in [5.41, 5.74) is 0.601. The van der Waals surface area contributed by atoms with E-state index in [-0.39, 0.29) is 18.0 Å². The van der Waals surface area contributed by atoms with Gasteiger partial charge < -0.3 is 10.4 Å². The summed E-state index contributed by atoms with van der Waals surface area (Å²) in [6.45, 7) is 4.83. The number of para-hydroxylation sites is 1. The molecule has 5 nitrogen and oxygen atoms in total. The van der Waals surface area contributed by atoms with Gasteiger partial charge in [-0.05, 0) is 25.5 Å². The van der Waals surface area contributed by atoms with Crippen molar-refractivity contribution in [3.8, 4) is 0 Å². The molecule has 108 valence electrons. The van der Waals surface area contributed by atoms with Crippen molar-refractivity contribution in [1.82, 2.24) is 4.31 Å². The van der Waals surface area contributed by atoms with Gasteiger partial charge in [-0.25, -0.2) is 8.42 Å². The molecule has 0 atom stereocenters. The zero-order valence-electron chi connectivity index (χ0n) is 11.5. The molecule has 6 heteroatoms. The smallest absolute Gasteiger partial charge is 0.245 e. The second-order valence-electron chi connectivity index (χ2n) is 4.15. The first-order valence-corrected chi connectivity index (χ1v) is 7.95. The van der Waals surface area contributed by atoms with Crippen molar-refractivity contribution < 1.29 is 13.5 Å². The van der Waals surface area contributed by atoms with Crippen LogP contribution in [0.1, 0.15) is 20.3 Å². The van der Waals surface area contributed by atoms with Gasteiger partial charge in [0.25, 0.3) is 0 Å². The summed E-state index contributed by atoms with van der Waals surface area (Å²) in [4.78, 5) is 0.263. The van der Waals surface area contributed by atoms with E-state index in [1.165, 1.54) is 4.31 Å². The fourth-order valence-corrected chi connectivity index (χ4v) is 3.57. The standard InChI is InChI=1S/C13H22N2O3S/c1-3-9-15(10-11-16)19(17,18)13-8-6-5-7-12(13)14-4-2/h5-8,14,16H,3-4,9-11H2,1-2H3. The fraction of sp³-hybridized carbons (Fsp3) is 0.538. The zero-order chi connectivity index (χ0) is 14.3. The van der Waals surface area contributed by atoms with E-state index >= 15 is 0 Å². The molecule has 0 aliphatic carbocycles. The Balaban J connectivity index is 3.16. The maximum atomic E-state index is 12.6. The summed E-state index contributed by atoms with van der Waals surface area (Å²) < 4.78 is 26.5. The predicted molar refractivity (Wildman–Crippen MR) is 76.7 cm³/mol. The van der Waals surface area contributed by atoms with Gasteiger partial charge in [-0.1, -0.05) is 19.1 Å². The van der Waals surface area contributed by atoms with Gasteiger partial charge in [0.15, 0.2) is 0 Å². The largest absolute Gasteiger partial charge is 0.395 e. The van der Waals surface area contributed by atoms with E-state index in [9.17, 15) is 8.42 Å². The van der Waals surface area contributed by atoms with Gasteiger partial charge in [-0.3, -0.25) is 0 Å². The van der Waals surface area contributed by atoms with Crippen molar-refractivity contribution in [3.05, 3.63) is 24.3 Å². The molecule has 0 aliphatic rings. The van der Waals surface area contributed by atoms with Crippen LogP contribution in [-0.2, 0) is 10.0 Å². The van der Waals surface area contributed by atoms with Crippen LogP contribution in [0.4, 0.5) is 5.69 Å². The molecule has 2 N–H and O–H groups in total. The van der Waals surface area contributed by atoms with Crippen LogP contribution in [0.25, 0.3) is 0 Å². The van der Waals surface area contributed by atoms with Crippen LogP contribution in [-0.4, -0.2) is 44.1 Å². The molecule has 0 amide bonds. The van der Waals surface area contributed by atoms with Crippen LogP contribution in [0.5, 0.6) is 0 Å². The Labute approximate surface area is 115 Å². The van der Waals surface area contributed by atoms with Crippen LogP contribution < -0.4 is 5.32 Å². The lowest BCUT2D eigenvalue weighted by atomic mass is 10.3. The Hall–Kier alpha value is -1.11. The lowest BCUT2D eigenvalue weighted by molar-refractivity contribution is 0.253. The molecule has 0 heterocycles. The van der Waals surface area contributed by atoms with Crippen LogP contribution in [0, 0.1) is 0 Å². The highest BCUT2D eigenvalue weighted by Crippen LogP contribution is 2.24. The molecule has 19 heavy (non-hydrogen) atoms. The van der Waals surface area contributed by atoms with E-state index in [1.807, 2.05) is 13.8 Å². The number of hydrogen-bond acceptors (Lipinski definition) is 4. The summed E-state index contributed by atoms with van der Waals surface area (Å²) >= 11 is 0. The minimum Gasteiger partial charge on any atom is -0.395 e. The highest BCUT2D eigenvalue weighted by molar-refractivity contribution is 7.89. The molecule has 0 spiro atoms. The Morgan fingerprint density at radius 2 is 1.89 bits per heavy atom. The van der Waals surface area contributed by atoms with E-state index in [1.54, 1.807) is 24.3 Å². The normalized spacial score (nSPS) is 11.8. The first-order valence-electron chi connectivity index (χ1n) is 6.51. The molecule has 0 bridgehead atoms. The highest BCUT2D eigenvalue weighted by Gasteiger charge is 2.25. The number of nitrogens with one attached hydrogen (secondary N) is 1. The molecular weight excluding hydrogens is 264 g/mol. The minimum atomic E-state index is -3.57. The number of benzene rings is 1. The van der Waals surface area contributed by atoms with E-state index in [4.69, 9.17) is 5.11 Å². The summed E-state index contributed by atoms with van der Waals surface area (Å²) in [5.74, 6) is 0. The van der Waals surface area contributed by atoms with Gasteiger partial charge in [0.2, 0.25) is 10.0 Å². The third-order valence-corrected chi connectivity index (χ3v) is 4.65. The second kappa shape index (κ2) is 7.47. The van der Waals surface area contributed by atoms with Crippen molar-refractivity contribution in [3.63, 3.8) is 0 Å². The summed E-state index contributed by atoms with van der Waals surface area (Å²) in [6, 6.07) is 6.84. The van der Waals surface area contributed by atoms with Gasteiger partial charge in [-0.2, -0.15) is 4.31 Å². The van der Waals surface area contributed by atoms with Crippen molar-refractivity contribution in [1.29, 1.82) is 0 Å². The predicted octanol–water partition coefficient (Wildman–Crippen LogP) is 1.51. The first-order chi connectivity index (χ1) is 9.07. The quantitative estimate of drug-likeness (QED) is 0.760. The Bertz CT molecular complexity index is 482. The summed E-state index contributed by atoms with van der Waals surface area (Å²) in [5, 5.41) is 12.1. The number of anilines is 1. The van der Waals surface area contributed by atoms with Gasteiger partial charge in [0.05, 0.1) is 12.3 Å². The SMILES string of the molecule is CCCN(CCO)S(=O)(=O)c1ccccc1NCC. The molecule has 0 unspecified atom stereocenters. The summed E-state index contributed by atoms with van der Waals surface area (Å²) in [6.07, 6.45) is 0.711. The van der Waals surface area contributed by atoms with Crippen LogP contribution in [0.15, 0.2) is 29.2 Å². The summed E-state index contributed by atoms with van der Waals surface area (Å²) in [7, 11) is -3.57. The fourth-order valence-electron chi connectivity index (χ4n) is 1.88. The van der Waals surface area contributed by atoms with E-state index in [0.717, 1.165) is 0 Å². The Kier molecular flexibility index (Phi) is 6.27. The van der Waals surface area contributed by atoms with Crippen LogP contribution in [0.3, 0.4) is 0 Å². The van der Waals surface area contributed by atoms with Crippen molar-refractivity contribution in [2.75, 3.05) is 31.6 Å². The molecule has 1 aromatic rings. The van der Waals surface area contributed by atoms with Gasteiger partial charge in [0, 0.05) is 19.6 Å². The molecule has 0 aliphatic heterocycles. The molecule has 1 rings (SSSR count). The number of nitrogens with zero attached hydrogens (tertiary/aromatic N) is 1. The topological polar surface area (TPSA) is 69.6 Å². The van der Waals surface area contributed by atoms with Gasteiger partial charge >= 0.3 is 0 Å². The van der Waals surface area contributed by atoms with Crippen molar-refractivity contribution in [2.45, 2.75) is 25.2 Å². The average Bonchev–Trinajstić information content (AvgIpc) is 2.39.